The summed E-state index contributed by atoms with van der Waals surface area (Å²) < 4.78 is 16.0. The van der Waals surface area contributed by atoms with Crippen LogP contribution in [-0.2, 0) is 22.6 Å². The zero-order valence-corrected chi connectivity index (χ0v) is 22.9. The number of aliphatic hydroxyl groups excluding tert-OH is 2. The van der Waals surface area contributed by atoms with Gasteiger partial charge in [-0.05, 0) is 64.2 Å². The van der Waals surface area contributed by atoms with Crippen LogP contribution in [0.1, 0.15) is 54.1 Å². The average Bonchev–Trinajstić information content (AvgIpc) is 2.85. The molecule has 6 N–H and O–H groups in total. The Labute approximate surface area is 231 Å². The number of aromatic hydroxyl groups is 1. The minimum Gasteiger partial charge on any atom is -0.510 e. The van der Waals surface area contributed by atoms with Gasteiger partial charge in [0.05, 0.1) is 11.6 Å². The number of aliphatic hydroxyl groups is 3. The van der Waals surface area contributed by atoms with Crippen molar-refractivity contribution in [1.29, 1.82) is 0 Å². The second-order valence-electron chi connectivity index (χ2n) is 11.8. The van der Waals surface area contributed by atoms with Crippen molar-refractivity contribution < 1.29 is 39.2 Å². The van der Waals surface area contributed by atoms with Crippen LogP contribution in [0.15, 0.2) is 28.7 Å². The van der Waals surface area contributed by atoms with E-state index in [-0.39, 0.29) is 41.6 Å². The molecule has 0 bridgehead atoms. The third-order valence-electron chi connectivity index (χ3n) is 9.31. The molecule has 0 aromatic heterocycles. The number of rotatable bonds is 7. The predicted molar refractivity (Wildman–Crippen MR) is 142 cm³/mol. The Balaban J connectivity index is 1.58. The molecule has 0 heterocycles. The molecule has 1 aromatic rings. The van der Waals surface area contributed by atoms with Crippen molar-refractivity contribution >= 4 is 17.5 Å². The van der Waals surface area contributed by atoms with Gasteiger partial charge in [0, 0.05) is 35.7 Å². The molecule has 4 aliphatic rings. The molecule has 11 heteroatoms. The highest BCUT2D eigenvalue weighted by molar-refractivity contribution is 6.24. The number of phenolic OH excluding ortho intramolecular Hbond substituents is 1. The number of likely N-dealkylation sites (N-methyl/N-ethyl adjacent to an activating group) is 1. The van der Waals surface area contributed by atoms with Gasteiger partial charge in [0.2, 0.25) is 5.78 Å². The fourth-order valence-electron chi connectivity index (χ4n) is 7.06. The molecule has 4 aliphatic carbocycles. The van der Waals surface area contributed by atoms with Crippen LogP contribution in [0.4, 0.5) is 4.39 Å². The number of Topliss-reactive ketones (excluding diaryl/α,β-unsaturated/α-hetero) is 2. The first kappa shape index (κ1) is 28.3. The summed E-state index contributed by atoms with van der Waals surface area (Å²) in [6.45, 7) is 3.77. The predicted octanol–water partition coefficient (Wildman–Crippen LogP) is 1.88. The molecule has 0 radical (unpaired) electrons. The van der Waals surface area contributed by atoms with E-state index in [9.17, 15) is 34.8 Å². The Morgan fingerprint density at radius 1 is 1.20 bits per heavy atom. The lowest BCUT2D eigenvalue weighted by Gasteiger charge is -2.50. The molecular weight excluding hydrogens is 521 g/mol. The second kappa shape index (κ2) is 9.97. The van der Waals surface area contributed by atoms with Crippen LogP contribution in [0, 0.1) is 23.6 Å². The summed E-state index contributed by atoms with van der Waals surface area (Å²) in [5.74, 6) is -7.54. The number of carbonyl (C=O) groups is 3. The number of phenols is 1. The summed E-state index contributed by atoms with van der Waals surface area (Å²) in [6.07, 6.45) is 3.31. The van der Waals surface area contributed by atoms with Gasteiger partial charge < -0.3 is 26.2 Å². The fourth-order valence-corrected chi connectivity index (χ4v) is 7.06. The van der Waals surface area contributed by atoms with E-state index in [1.807, 2.05) is 6.92 Å². The van der Waals surface area contributed by atoms with Gasteiger partial charge in [-0.15, -0.1) is 0 Å². The molecule has 0 saturated heterocycles. The topological polar surface area (TPSA) is 165 Å². The minimum atomic E-state index is -2.72. The molecule has 216 valence electrons. The van der Waals surface area contributed by atoms with Crippen LogP contribution in [0.25, 0.3) is 0 Å². The molecule has 0 spiro atoms. The number of fused-ring (bicyclic) bond motifs is 3. The van der Waals surface area contributed by atoms with Gasteiger partial charge in [-0.25, -0.2) is 4.39 Å². The largest absolute Gasteiger partial charge is 0.510 e. The molecular formula is C29H36FN3O7. The van der Waals surface area contributed by atoms with Crippen LogP contribution >= 0.6 is 0 Å². The number of ketones is 2. The zero-order chi connectivity index (χ0) is 29.3. The van der Waals surface area contributed by atoms with Gasteiger partial charge in [-0.1, -0.05) is 13.3 Å². The maximum atomic E-state index is 16.0. The third-order valence-corrected chi connectivity index (χ3v) is 9.31. The van der Waals surface area contributed by atoms with Crippen LogP contribution < -0.4 is 5.73 Å². The number of carbonyl (C=O) groups excluding carboxylic acids is 3. The van der Waals surface area contributed by atoms with Crippen LogP contribution in [0.2, 0.25) is 0 Å². The van der Waals surface area contributed by atoms with E-state index in [0.717, 1.165) is 19.4 Å². The fraction of sp³-hybridized carbons (Fsp3) is 0.552. The van der Waals surface area contributed by atoms with Crippen molar-refractivity contribution in [2.24, 2.45) is 23.5 Å². The van der Waals surface area contributed by atoms with Gasteiger partial charge in [0.25, 0.3) is 5.91 Å². The second-order valence-corrected chi connectivity index (χ2v) is 11.8. The average molecular weight is 558 g/mol. The quantitative estimate of drug-likeness (QED) is 0.315. The van der Waals surface area contributed by atoms with E-state index in [1.54, 1.807) is 14.1 Å². The molecule has 1 amide bonds. The summed E-state index contributed by atoms with van der Waals surface area (Å²) in [4.78, 5) is 42.7. The number of hydrogen-bond donors (Lipinski definition) is 5. The number of amides is 1. The van der Waals surface area contributed by atoms with Gasteiger partial charge in [0.1, 0.15) is 28.7 Å². The Hall–Kier alpha value is -3.28. The summed E-state index contributed by atoms with van der Waals surface area (Å²) >= 11 is 0. The lowest BCUT2D eigenvalue weighted by atomic mass is 9.58. The maximum absolute atomic E-state index is 16.0. The van der Waals surface area contributed by atoms with E-state index in [1.165, 1.54) is 17.4 Å². The summed E-state index contributed by atoms with van der Waals surface area (Å²) in [6, 6.07) is 0.132. The number of hydrogen-bond acceptors (Lipinski definition) is 9. The van der Waals surface area contributed by atoms with Crippen molar-refractivity contribution in [2.75, 3.05) is 27.2 Å². The molecule has 5 rings (SSSR count). The smallest absolute Gasteiger partial charge is 0.255 e. The minimum absolute atomic E-state index is 0.0211. The van der Waals surface area contributed by atoms with Gasteiger partial charge in [-0.3, -0.25) is 24.2 Å². The van der Waals surface area contributed by atoms with Crippen LogP contribution in [-0.4, -0.2) is 86.5 Å². The van der Waals surface area contributed by atoms with Crippen molar-refractivity contribution in [2.45, 2.75) is 57.2 Å². The zero-order valence-electron chi connectivity index (χ0n) is 22.9. The lowest BCUT2D eigenvalue weighted by molar-refractivity contribution is -0.148. The Morgan fingerprint density at radius 3 is 2.42 bits per heavy atom. The lowest BCUT2D eigenvalue weighted by Crippen LogP contribution is -2.63. The highest BCUT2D eigenvalue weighted by Crippen LogP contribution is 2.52. The van der Waals surface area contributed by atoms with E-state index in [0.29, 0.717) is 12.5 Å². The van der Waals surface area contributed by atoms with Crippen LogP contribution in [0.3, 0.4) is 0 Å². The molecule has 40 heavy (non-hydrogen) atoms. The molecule has 1 aromatic carbocycles. The molecule has 0 unspecified atom stereocenters. The number of nitrogens with zero attached hydrogens (tertiary/aromatic N) is 2. The molecule has 10 nitrogen and oxygen atoms in total. The molecule has 0 aliphatic heterocycles. The summed E-state index contributed by atoms with van der Waals surface area (Å²) in [7, 11) is 3.11. The van der Waals surface area contributed by atoms with Crippen molar-refractivity contribution in [1.82, 2.24) is 9.80 Å². The summed E-state index contributed by atoms with van der Waals surface area (Å²) in [5, 5.41) is 44.7. The number of benzene rings is 1. The first-order chi connectivity index (χ1) is 18.8. The maximum Gasteiger partial charge on any atom is 0.255 e. The highest BCUT2D eigenvalue weighted by atomic mass is 19.1. The van der Waals surface area contributed by atoms with E-state index < -0.39 is 69.6 Å². The molecule has 1 saturated carbocycles. The Morgan fingerprint density at radius 2 is 1.88 bits per heavy atom. The molecule has 1 fully saturated rings. The van der Waals surface area contributed by atoms with Crippen molar-refractivity contribution in [3.8, 4) is 5.75 Å². The summed E-state index contributed by atoms with van der Waals surface area (Å²) in [5.41, 5.74) is 1.42. The number of primary amides is 1. The van der Waals surface area contributed by atoms with Crippen molar-refractivity contribution in [3.63, 3.8) is 0 Å². The third kappa shape index (κ3) is 4.05. The Bertz CT molecular complexity index is 1370. The molecule has 4 atom stereocenters. The van der Waals surface area contributed by atoms with E-state index in [2.05, 4.69) is 4.90 Å². The SMILES string of the molecule is CCN(Cc1cc(O)c2c(c1F)C[C@H]1C[C@H]3[C@H](N(C)C)C(O)=C(C(N)=O)C(=O)[C@@]3(O)C(O)=C1C2=O)CC1CCC1. The van der Waals surface area contributed by atoms with Crippen LogP contribution in [0.5, 0.6) is 5.75 Å². The first-order valence-corrected chi connectivity index (χ1v) is 13.7. The number of nitrogens with two attached hydrogens (primary N) is 1. The van der Waals surface area contributed by atoms with Crippen molar-refractivity contribution in [3.05, 3.63) is 51.2 Å². The van der Waals surface area contributed by atoms with E-state index >= 15 is 4.39 Å². The normalized spacial score (nSPS) is 28.5. The highest BCUT2D eigenvalue weighted by Gasteiger charge is 2.63. The first-order valence-electron chi connectivity index (χ1n) is 13.7. The number of allylic oxidation sites excluding steroid dienone is 1. The van der Waals surface area contributed by atoms with Gasteiger partial charge in [0.15, 0.2) is 11.4 Å². The van der Waals surface area contributed by atoms with Gasteiger partial charge in [-0.2, -0.15) is 0 Å². The Kier molecular flexibility index (Phi) is 7.04. The van der Waals surface area contributed by atoms with Gasteiger partial charge >= 0.3 is 0 Å². The monoisotopic (exact) mass is 557 g/mol. The number of halogens is 1. The standard InChI is InChI=1S/C29H36FN3O7/c1-4-33(11-13-6-5-7-13)12-15-10-18(34)20-16(22(15)30)8-14-9-17-23(32(2)3)25(36)21(28(31)39)27(38)29(17,40)26(37)19(14)24(20)35/h10,13-14,17,23,34,36-37,40H,4-9,11-12H2,1-3H3,(H2,31,39)/t14-,17-,23-,29-/m0/s1. The van der Waals surface area contributed by atoms with E-state index in [4.69, 9.17) is 5.73 Å².